The first kappa shape index (κ1) is 23.4. The number of fused-ring (bicyclic) bond motifs is 2. The van der Waals surface area contributed by atoms with E-state index in [9.17, 15) is 9.59 Å². The van der Waals surface area contributed by atoms with Gasteiger partial charge in [0, 0.05) is 24.5 Å². The summed E-state index contributed by atoms with van der Waals surface area (Å²) in [6, 6.07) is 7.12. The van der Waals surface area contributed by atoms with Crippen LogP contribution in [0.5, 0.6) is 5.88 Å². The molecule has 0 saturated heterocycles. The van der Waals surface area contributed by atoms with E-state index in [0.29, 0.717) is 45.6 Å². The lowest BCUT2D eigenvalue weighted by Crippen LogP contribution is -2.22. The Kier molecular flexibility index (Phi) is 5.66. The highest BCUT2D eigenvalue weighted by Gasteiger charge is 2.71. The SMILES string of the molecule is C=CC(=O)Nc1cccc(-n2cc(Nc3cn(C)nc3OC)c3ncn(C45CC4C5)c3c2=O)c1.CC. The number of imidazole rings is 1. The molecule has 0 spiro atoms. The van der Waals surface area contributed by atoms with Gasteiger partial charge in [-0.3, -0.25) is 18.8 Å². The number of carbonyl (C=O) groups excluding carboxylic acids is 1. The van der Waals surface area contributed by atoms with Crippen molar-refractivity contribution in [3.63, 3.8) is 0 Å². The molecule has 2 aliphatic carbocycles. The van der Waals surface area contributed by atoms with Gasteiger partial charge in [0.1, 0.15) is 16.7 Å². The molecule has 0 bridgehead atoms. The third-order valence-electron chi connectivity index (χ3n) is 6.66. The van der Waals surface area contributed by atoms with Gasteiger partial charge in [0.05, 0.1) is 31.0 Å². The molecular weight excluding hydrogens is 458 g/mol. The number of hydrogen-bond donors (Lipinski definition) is 2. The van der Waals surface area contributed by atoms with Crippen LogP contribution >= 0.6 is 0 Å². The minimum Gasteiger partial charge on any atom is -0.478 e. The fourth-order valence-electron chi connectivity index (χ4n) is 4.58. The summed E-state index contributed by atoms with van der Waals surface area (Å²) in [6.07, 6.45) is 8.66. The standard InChI is InChI=1S/C24H23N7O3.C2H6/c1-4-19(32)26-15-6-5-7-16(8-15)30-12-17(27-18-11-29(2)28-22(18)34-3)20-21(23(30)33)31(13-25-20)24-9-14(24)10-24;1-2/h4-8,11-14,27H,1,9-10H2,2-3H3,(H,26,32);1-2H3. The van der Waals surface area contributed by atoms with E-state index in [1.54, 1.807) is 53.3 Å². The quantitative estimate of drug-likeness (QED) is 0.382. The van der Waals surface area contributed by atoms with E-state index in [1.165, 1.54) is 6.08 Å². The number of pyridine rings is 1. The van der Waals surface area contributed by atoms with Crippen LogP contribution in [0.2, 0.25) is 0 Å². The first-order valence-corrected chi connectivity index (χ1v) is 12.0. The fraction of sp³-hybridized carbons (Fsp3) is 0.308. The second kappa shape index (κ2) is 8.71. The lowest BCUT2D eigenvalue weighted by Gasteiger charge is -2.14. The monoisotopic (exact) mass is 487 g/mol. The van der Waals surface area contributed by atoms with Crippen molar-refractivity contribution in [2.75, 3.05) is 17.7 Å². The lowest BCUT2D eigenvalue weighted by molar-refractivity contribution is -0.111. The van der Waals surface area contributed by atoms with Crippen molar-refractivity contribution < 1.29 is 9.53 Å². The molecule has 2 N–H and O–H groups in total. The molecule has 2 fully saturated rings. The van der Waals surface area contributed by atoms with Crippen molar-refractivity contribution in [2.45, 2.75) is 32.2 Å². The molecule has 36 heavy (non-hydrogen) atoms. The topological polar surface area (TPSA) is 108 Å². The van der Waals surface area contributed by atoms with Gasteiger partial charge in [0.25, 0.3) is 11.4 Å². The Morgan fingerprint density at radius 3 is 2.67 bits per heavy atom. The van der Waals surface area contributed by atoms with Gasteiger partial charge in [-0.1, -0.05) is 26.5 Å². The lowest BCUT2D eigenvalue weighted by atomic mass is 10.2. The number of hydrogen-bond acceptors (Lipinski definition) is 6. The minimum atomic E-state index is -0.323. The van der Waals surface area contributed by atoms with Crippen molar-refractivity contribution >= 4 is 34.0 Å². The normalized spacial score (nSPS) is 19.1. The maximum Gasteiger partial charge on any atom is 0.281 e. The van der Waals surface area contributed by atoms with Crippen molar-refractivity contribution in [3.05, 3.63) is 66.0 Å². The molecule has 1 amide bonds. The van der Waals surface area contributed by atoms with Crippen LogP contribution in [0.25, 0.3) is 16.7 Å². The van der Waals surface area contributed by atoms with E-state index in [4.69, 9.17) is 4.74 Å². The zero-order chi connectivity index (χ0) is 25.6. The number of rotatable bonds is 7. The van der Waals surface area contributed by atoms with E-state index in [-0.39, 0.29) is 17.0 Å². The van der Waals surface area contributed by atoms with Crippen LogP contribution in [0.4, 0.5) is 17.1 Å². The van der Waals surface area contributed by atoms with E-state index in [2.05, 4.69) is 27.3 Å². The number of nitrogens with one attached hydrogen (secondary N) is 2. The van der Waals surface area contributed by atoms with E-state index in [0.717, 1.165) is 12.8 Å². The third kappa shape index (κ3) is 3.74. The Morgan fingerprint density at radius 1 is 1.25 bits per heavy atom. The number of nitrogens with zero attached hydrogens (tertiary/aromatic N) is 5. The van der Waals surface area contributed by atoms with Crippen LogP contribution in [-0.4, -0.2) is 36.9 Å². The molecular formula is C26H29N7O3. The number of aryl methyl sites for hydroxylation is 1. The largest absolute Gasteiger partial charge is 0.478 e. The van der Waals surface area contributed by atoms with Gasteiger partial charge < -0.3 is 19.9 Å². The molecule has 2 aliphatic rings. The fourth-order valence-corrected chi connectivity index (χ4v) is 4.58. The van der Waals surface area contributed by atoms with Crippen LogP contribution in [0.1, 0.15) is 26.7 Å². The van der Waals surface area contributed by atoms with Gasteiger partial charge in [-0.2, -0.15) is 0 Å². The molecule has 10 nitrogen and oxygen atoms in total. The number of benzene rings is 1. The maximum absolute atomic E-state index is 13.8. The summed E-state index contributed by atoms with van der Waals surface area (Å²) in [7, 11) is 3.36. The van der Waals surface area contributed by atoms with Gasteiger partial charge in [-0.25, -0.2) is 4.98 Å². The van der Waals surface area contributed by atoms with Crippen molar-refractivity contribution in [1.82, 2.24) is 23.9 Å². The van der Waals surface area contributed by atoms with E-state index in [1.807, 2.05) is 31.5 Å². The zero-order valence-corrected chi connectivity index (χ0v) is 20.8. The summed E-state index contributed by atoms with van der Waals surface area (Å²) in [5.74, 6) is 0.742. The molecule has 1 aromatic carbocycles. The minimum absolute atomic E-state index is 0.0378. The molecule has 3 aromatic heterocycles. The Balaban J connectivity index is 0.00000130. The molecule has 0 radical (unpaired) electrons. The van der Waals surface area contributed by atoms with Gasteiger partial charge >= 0.3 is 0 Å². The van der Waals surface area contributed by atoms with Crippen molar-refractivity contribution in [1.29, 1.82) is 0 Å². The van der Waals surface area contributed by atoms with Crippen LogP contribution in [0.3, 0.4) is 0 Å². The summed E-state index contributed by atoms with van der Waals surface area (Å²) >= 11 is 0. The number of aromatic nitrogens is 5. The number of amides is 1. The summed E-state index contributed by atoms with van der Waals surface area (Å²) in [5.41, 5.74) is 3.49. The molecule has 10 heteroatoms. The Bertz CT molecular complexity index is 1540. The van der Waals surface area contributed by atoms with Crippen LogP contribution in [0.15, 0.2) is 60.4 Å². The second-order valence-corrected chi connectivity index (χ2v) is 8.83. The number of ether oxygens (including phenoxy) is 1. The molecule has 4 aromatic rings. The molecule has 0 aliphatic heterocycles. The average molecular weight is 488 g/mol. The molecule has 6 rings (SSSR count). The summed E-state index contributed by atoms with van der Waals surface area (Å²) in [6.45, 7) is 7.49. The van der Waals surface area contributed by atoms with E-state index < -0.39 is 0 Å². The molecule has 0 atom stereocenters. The smallest absolute Gasteiger partial charge is 0.281 e. The third-order valence-corrected chi connectivity index (χ3v) is 6.66. The first-order valence-electron chi connectivity index (χ1n) is 12.0. The summed E-state index contributed by atoms with van der Waals surface area (Å²) in [5, 5.41) is 10.4. The van der Waals surface area contributed by atoms with E-state index >= 15 is 0 Å². The van der Waals surface area contributed by atoms with Gasteiger partial charge in [-0.15, -0.1) is 5.10 Å². The van der Waals surface area contributed by atoms with Crippen LogP contribution in [-0.2, 0) is 17.4 Å². The Hall–Kier alpha value is -4.34. The maximum atomic E-state index is 13.8. The molecule has 186 valence electrons. The van der Waals surface area contributed by atoms with Crippen molar-refractivity contribution in [3.8, 4) is 11.6 Å². The highest BCUT2D eigenvalue weighted by Crippen LogP contribution is 2.73. The highest BCUT2D eigenvalue weighted by atomic mass is 16.5. The molecule has 0 unspecified atom stereocenters. The average Bonchev–Trinajstić information content (AvgIpc) is 3.65. The Morgan fingerprint density at radius 2 is 2.00 bits per heavy atom. The predicted octanol–water partition coefficient (Wildman–Crippen LogP) is 3.94. The second-order valence-electron chi connectivity index (χ2n) is 8.83. The number of methoxy groups -OCH3 is 1. The summed E-state index contributed by atoms with van der Waals surface area (Å²) < 4.78 is 10.7. The molecule has 3 heterocycles. The van der Waals surface area contributed by atoms with Gasteiger partial charge in [0.2, 0.25) is 5.91 Å². The Labute approximate surface area is 208 Å². The first-order chi connectivity index (χ1) is 17.4. The van der Waals surface area contributed by atoms with Gasteiger partial charge in [-0.05, 0) is 43.0 Å². The number of carbonyl (C=O) groups is 1. The van der Waals surface area contributed by atoms with Gasteiger partial charge in [0.15, 0.2) is 0 Å². The van der Waals surface area contributed by atoms with Crippen LogP contribution < -0.4 is 20.9 Å². The molecule has 2 saturated carbocycles. The van der Waals surface area contributed by atoms with Crippen molar-refractivity contribution in [2.24, 2.45) is 13.0 Å². The summed E-state index contributed by atoms with van der Waals surface area (Å²) in [4.78, 5) is 30.2. The highest BCUT2D eigenvalue weighted by molar-refractivity contribution is 5.99. The van der Waals surface area contributed by atoms with Crippen LogP contribution in [0, 0.1) is 5.92 Å². The zero-order valence-electron chi connectivity index (χ0n) is 20.8. The predicted molar refractivity (Wildman–Crippen MR) is 139 cm³/mol. The number of anilines is 3.